The van der Waals surface area contributed by atoms with Crippen molar-refractivity contribution >= 4 is 15.9 Å². The molecular weight excluding hydrogens is 236 g/mol. The lowest BCUT2D eigenvalue weighted by Crippen LogP contribution is -2.21. The maximum absolute atomic E-state index is 3.75. The van der Waals surface area contributed by atoms with Crippen molar-refractivity contribution in [3.8, 4) is 0 Å². The van der Waals surface area contributed by atoms with E-state index in [2.05, 4.69) is 53.2 Å². The minimum Gasteiger partial charge on any atom is -0.0890 e. The first-order chi connectivity index (χ1) is 6.77. The quantitative estimate of drug-likeness (QED) is 0.652. The molecule has 1 aliphatic rings. The fourth-order valence-corrected chi connectivity index (χ4v) is 3.10. The van der Waals surface area contributed by atoms with E-state index < -0.39 is 0 Å². The number of alkyl halides is 1. The molecule has 2 rings (SSSR count). The van der Waals surface area contributed by atoms with Crippen molar-refractivity contribution in [2.75, 3.05) is 0 Å². The molecule has 1 saturated carbocycles. The van der Waals surface area contributed by atoms with Crippen LogP contribution in [0.5, 0.6) is 0 Å². The van der Waals surface area contributed by atoms with Gasteiger partial charge in [0.1, 0.15) is 0 Å². The average molecular weight is 253 g/mol. The second kappa shape index (κ2) is 4.48. The zero-order valence-corrected chi connectivity index (χ0v) is 10.2. The zero-order valence-electron chi connectivity index (χ0n) is 8.62. The average Bonchev–Trinajstić information content (AvgIpc) is 2.23. The number of benzene rings is 1. The molecular formula is C13H17Br. The molecule has 0 radical (unpaired) electrons. The number of hydrogen-bond acceptors (Lipinski definition) is 0. The van der Waals surface area contributed by atoms with Crippen LogP contribution in [0.1, 0.15) is 37.7 Å². The fourth-order valence-electron chi connectivity index (χ4n) is 2.44. The maximum atomic E-state index is 3.75. The monoisotopic (exact) mass is 252 g/mol. The van der Waals surface area contributed by atoms with E-state index in [0.717, 1.165) is 16.7 Å². The molecule has 0 amide bonds. The summed E-state index contributed by atoms with van der Waals surface area (Å²) in [5, 5.41) is 0. The first-order valence-electron chi connectivity index (χ1n) is 5.46. The van der Waals surface area contributed by atoms with Crippen LogP contribution in [0.25, 0.3) is 0 Å². The lowest BCUT2D eigenvalue weighted by molar-refractivity contribution is 0.340. The van der Waals surface area contributed by atoms with E-state index in [9.17, 15) is 0 Å². The lowest BCUT2D eigenvalue weighted by atomic mass is 9.76. The maximum Gasteiger partial charge on any atom is 0.0151 e. The van der Waals surface area contributed by atoms with Crippen LogP contribution in [-0.4, -0.2) is 4.83 Å². The number of rotatable bonds is 1. The summed E-state index contributed by atoms with van der Waals surface area (Å²) in [6.45, 7) is 2.39. The Hall–Kier alpha value is -0.300. The summed E-state index contributed by atoms with van der Waals surface area (Å²) in [6, 6.07) is 10.9. The van der Waals surface area contributed by atoms with E-state index in [1.54, 1.807) is 0 Å². The normalized spacial score (nSPS) is 32.9. The standard InChI is InChI=1S/C13H17Br/c1-10-7-8-12(14)9-13(10)11-5-3-2-4-6-11/h2-6,10,12-13H,7-9H2,1H3/t10-,12?,13?/m0/s1. The third-order valence-electron chi connectivity index (χ3n) is 3.36. The Morgan fingerprint density at radius 2 is 1.86 bits per heavy atom. The van der Waals surface area contributed by atoms with Gasteiger partial charge in [0.2, 0.25) is 0 Å². The summed E-state index contributed by atoms with van der Waals surface area (Å²) in [5.41, 5.74) is 1.52. The number of halogens is 1. The van der Waals surface area contributed by atoms with Gasteiger partial charge in [-0.2, -0.15) is 0 Å². The second-order valence-electron chi connectivity index (χ2n) is 4.40. The molecule has 0 aliphatic heterocycles. The molecule has 0 bridgehead atoms. The molecule has 0 spiro atoms. The molecule has 1 heteroatoms. The van der Waals surface area contributed by atoms with Crippen molar-refractivity contribution in [1.29, 1.82) is 0 Å². The molecule has 0 nitrogen and oxygen atoms in total. The highest BCUT2D eigenvalue weighted by Crippen LogP contribution is 2.39. The summed E-state index contributed by atoms with van der Waals surface area (Å²) < 4.78 is 0. The molecule has 1 aliphatic carbocycles. The smallest absolute Gasteiger partial charge is 0.0151 e. The zero-order chi connectivity index (χ0) is 9.97. The molecule has 0 heterocycles. The van der Waals surface area contributed by atoms with Crippen LogP contribution in [0, 0.1) is 5.92 Å². The molecule has 2 unspecified atom stereocenters. The summed E-state index contributed by atoms with van der Waals surface area (Å²) in [6.07, 6.45) is 3.99. The van der Waals surface area contributed by atoms with E-state index in [4.69, 9.17) is 0 Å². The highest BCUT2D eigenvalue weighted by molar-refractivity contribution is 9.09. The van der Waals surface area contributed by atoms with Gasteiger partial charge in [-0.3, -0.25) is 0 Å². The molecule has 1 fully saturated rings. The van der Waals surface area contributed by atoms with E-state index in [1.807, 2.05) is 0 Å². The summed E-state index contributed by atoms with van der Waals surface area (Å²) in [7, 11) is 0. The third kappa shape index (κ3) is 2.20. The van der Waals surface area contributed by atoms with Crippen LogP contribution >= 0.6 is 15.9 Å². The van der Waals surface area contributed by atoms with Crippen molar-refractivity contribution in [2.45, 2.75) is 36.9 Å². The van der Waals surface area contributed by atoms with E-state index in [0.29, 0.717) is 0 Å². The largest absolute Gasteiger partial charge is 0.0890 e. The Kier molecular flexibility index (Phi) is 3.27. The minimum atomic E-state index is 0.726. The lowest BCUT2D eigenvalue weighted by Gasteiger charge is -2.32. The molecule has 76 valence electrons. The molecule has 0 aromatic heterocycles. The Labute approximate surface area is 94.8 Å². The van der Waals surface area contributed by atoms with E-state index in [1.165, 1.54) is 24.8 Å². The highest BCUT2D eigenvalue weighted by Gasteiger charge is 2.27. The molecule has 3 atom stereocenters. The van der Waals surface area contributed by atoms with Crippen molar-refractivity contribution < 1.29 is 0 Å². The van der Waals surface area contributed by atoms with Gasteiger partial charge >= 0.3 is 0 Å². The number of hydrogen-bond donors (Lipinski definition) is 0. The molecule has 1 aromatic rings. The Bertz CT molecular complexity index is 281. The third-order valence-corrected chi connectivity index (χ3v) is 4.19. The Balaban J connectivity index is 2.16. The van der Waals surface area contributed by atoms with Gasteiger partial charge in [0.15, 0.2) is 0 Å². The van der Waals surface area contributed by atoms with Gasteiger partial charge in [0.05, 0.1) is 0 Å². The minimum absolute atomic E-state index is 0.726. The van der Waals surface area contributed by atoms with E-state index in [-0.39, 0.29) is 0 Å². The van der Waals surface area contributed by atoms with Crippen LogP contribution < -0.4 is 0 Å². The SMILES string of the molecule is C[C@H]1CCC(Br)CC1c1ccccc1. The fraction of sp³-hybridized carbons (Fsp3) is 0.538. The van der Waals surface area contributed by atoms with E-state index >= 15 is 0 Å². The molecule has 0 saturated heterocycles. The Morgan fingerprint density at radius 3 is 2.57 bits per heavy atom. The topological polar surface area (TPSA) is 0 Å². The van der Waals surface area contributed by atoms with Crippen LogP contribution in [0.4, 0.5) is 0 Å². The summed E-state index contributed by atoms with van der Waals surface area (Å²) in [4.78, 5) is 0.726. The van der Waals surface area contributed by atoms with Gasteiger partial charge in [0.25, 0.3) is 0 Å². The van der Waals surface area contributed by atoms with Crippen molar-refractivity contribution in [3.05, 3.63) is 35.9 Å². The van der Waals surface area contributed by atoms with Crippen molar-refractivity contribution in [1.82, 2.24) is 0 Å². The van der Waals surface area contributed by atoms with Crippen LogP contribution in [-0.2, 0) is 0 Å². The second-order valence-corrected chi connectivity index (χ2v) is 5.70. The van der Waals surface area contributed by atoms with Gasteiger partial charge < -0.3 is 0 Å². The van der Waals surface area contributed by atoms with Gasteiger partial charge in [0, 0.05) is 4.83 Å². The summed E-state index contributed by atoms with van der Waals surface area (Å²) in [5.74, 6) is 1.60. The first kappa shape index (κ1) is 10.2. The molecule has 14 heavy (non-hydrogen) atoms. The van der Waals surface area contributed by atoms with Crippen molar-refractivity contribution in [2.24, 2.45) is 5.92 Å². The highest BCUT2D eigenvalue weighted by atomic mass is 79.9. The first-order valence-corrected chi connectivity index (χ1v) is 6.38. The van der Waals surface area contributed by atoms with Crippen LogP contribution in [0.2, 0.25) is 0 Å². The van der Waals surface area contributed by atoms with Gasteiger partial charge in [-0.15, -0.1) is 0 Å². The van der Waals surface area contributed by atoms with Gasteiger partial charge in [-0.1, -0.05) is 53.2 Å². The Morgan fingerprint density at radius 1 is 1.14 bits per heavy atom. The van der Waals surface area contributed by atoms with Crippen molar-refractivity contribution in [3.63, 3.8) is 0 Å². The van der Waals surface area contributed by atoms with Crippen LogP contribution in [0.15, 0.2) is 30.3 Å². The van der Waals surface area contributed by atoms with Gasteiger partial charge in [-0.25, -0.2) is 0 Å². The molecule has 0 N–H and O–H groups in total. The predicted octanol–water partition coefficient (Wildman–Crippen LogP) is 4.35. The van der Waals surface area contributed by atoms with Crippen LogP contribution in [0.3, 0.4) is 0 Å². The van der Waals surface area contributed by atoms with Gasteiger partial charge in [-0.05, 0) is 36.7 Å². The molecule has 1 aromatic carbocycles. The summed E-state index contributed by atoms with van der Waals surface area (Å²) >= 11 is 3.75. The predicted molar refractivity (Wildman–Crippen MR) is 64.9 cm³/mol.